The number of anilines is 1. The maximum absolute atomic E-state index is 13.1. The number of nitrogens with zero attached hydrogens (tertiary/aromatic N) is 1. The van der Waals surface area contributed by atoms with Gasteiger partial charge in [-0.25, -0.2) is 4.39 Å². The van der Waals surface area contributed by atoms with Gasteiger partial charge in [-0.3, -0.25) is 9.59 Å². The summed E-state index contributed by atoms with van der Waals surface area (Å²) < 4.78 is 13.0. The van der Waals surface area contributed by atoms with Crippen LogP contribution in [-0.2, 0) is 16.1 Å². The Balaban J connectivity index is 1.50. The number of para-hydroxylation sites is 1. The number of thioether (sulfide) groups is 1. The van der Waals surface area contributed by atoms with Crippen LogP contribution in [0.25, 0.3) is 0 Å². The van der Waals surface area contributed by atoms with Crippen molar-refractivity contribution in [3.63, 3.8) is 0 Å². The van der Waals surface area contributed by atoms with E-state index in [0.29, 0.717) is 6.42 Å². The van der Waals surface area contributed by atoms with Crippen LogP contribution in [-0.4, -0.2) is 18.4 Å². The average Bonchev–Trinajstić information content (AvgIpc) is 2.91. The molecule has 0 fully saturated rings. The van der Waals surface area contributed by atoms with Gasteiger partial charge >= 0.3 is 0 Å². The molecule has 152 valence electrons. The van der Waals surface area contributed by atoms with Crippen LogP contribution >= 0.6 is 11.8 Å². The van der Waals surface area contributed by atoms with Gasteiger partial charge in [0, 0.05) is 23.1 Å². The summed E-state index contributed by atoms with van der Waals surface area (Å²) in [7, 11) is 0. The molecule has 0 spiro atoms. The minimum Gasteiger partial charge on any atom is -0.350 e. The first-order valence-corrected chi connectivity index (χ1v) is 10.6. The first-order valence-electron chi connectivity index (χ1n) is 9.72. The highest BCUT2D eigenvalue weighted by molar-refractivity contribution is 7.99. The maximum Gasteiger partial charge on any atom is 0.240 e. The standard InChI is InChI=1S/C24H21FN2O2S/c25-19-12-10-17(11-13-19)15-26-23(28)16-27-20-8-4-5-9-21(20)30-22(14-24(27)29)18-6-2-1-3-7-18/h1-13,22H,14-16H2,(H,26,28)/t22-/m1/s1. The Morgan fingerprint density at radius 2 is 1.70 bits per heavy atom. The van der Waals surface area contributed by atoms with Crippen molar-refractivity contribution in [2.24, 2.45) is 0 Å². The summed E-state index contributed by atoms with van der Waals surface area (Å²) in [5.74, 6) is -0.661. The van der Waals surface area contributed by atoms with E-state index < -0.39 is 0 Å². The molecule has 0 bridgehead atoms. The van der Waals surface area contributed by atoms with Crippen LogP contribution in [0.3, 0.4) is 0 Å². The third-order valence-electron chi connectivity index (χ3n) is 4.96. The number of halogens is 1. The lowest BCUT2D eigenvalue weighted by molar-refractivity contribution is -0.124. The lowest BCUT2D eigenvalue weighted by atomic mass is 10.1. The number of hydrogen-bond acceptors (Lipinski definition) is 3. The van der Waals surface area contributed by atoms with Crippen LogP contribution in [0.4, 0.5) is 10.1 Å². The fourth-order valence-electron chi connectivity index (χ4n) is 3.41. The number of benzene rings is 3. The van der Waals surface area contributed by atoms with Crippen molar-refractivity contribution in [3.8, 4) is 0 Å². The predicted molar refractivity (Wildman–Crippen MR) is 117 cm³/mol. The molecule has 2 amide bonds. The number of nitrogens with one attached hydrogen (secondary N) is 1. The van der Waals surface area contributed by atoms with Crippen LogP contribution < -0.4 is 10.2 Å². The molecular weight excluding hydrogens is 399 g/mol. The highest BCUT2D eigenvalue weighted by Gasteiger charge is 2.30. The smallest absolute Gasteiger partial charge is 0.240 e. The van der Waals surface area contributed by atoms with E-state index >= 15 is 0 Å². The van der Waals surface area contributed by atoms with Crippen LogP contribution in [0.1, 0.15) is 22.8 Å². The van der Waals surface area contributed by atoms with Crippen molar-refractivity contribution >= 4 is 29.3 Å². The molecule has 1 aliphatic rings. The van der Waals surface area contributed by atoms with Gasteiger partial charge in [-0.15, -0.1) is 11.8 Å². The molecule has 3 aromatic carbocycles. The van der Waals surface area contributed by atoms with Crippen molar-refractivity contribution in [3.05, 3.63) is 95.8 Å². The molecule has 1 N–H and O–H groups in total. The summed E-state index contributed by atoms with van der Waals surface area (Å²) in [5, 5.41) is 2.81. The second kappa shape index (κ2) is 9.13. The lowest BCUT2D eigenvalue weighted by Crippen LogP contribution is -2.40. The van der Waals surface area contributed by atoms with Gasteiger partial charge in [-0.05, 0) is 35.4 Å². The molecule has 0 saturated heterocycles. The van der Waals surface area contributed by atoms with Gasteiger partial charge in [0.15, 0.2) is 0 Å². The molecule has 0 aliphatic carbocycles. The van der Waals surface area contributed by atoms with Crippen LogP contribution in [0.5, 0.6) is 0 Å². The second-order valence-corrected chi connectivity index (χ2v) is 8.32. The van der Waals surface area contributed by atoms with Crippen molar-refractivity contribution in [1.82, 2.24) is 5.32 Å². The summed E-state index contributed by atoms with van der Waals surface area (Å²) in [4.78, 5) is 28.2. The van der Waals surface area contributed by atoms with E-state index in [9.17, 15) is 14.0 Å². The first kappa shape index (κ1) is 20.2. The Morgan fingerprint density at radius 3 is 2.47 bits per heavy atom. The van der Waals surface area contributed by atoms with E-state index in [1.54, 1.807) is 28.8 Å². The summed E-state index contributed by atoms with van der Waals surface area (Å²) >= 11 is 1.65. The molecule has 1 atom stereocenters. The van der Waals surface area contributed by atoms with Gasteiger partial charge in [0.1, 0.15) is 12.4 Å². The molecule has 4 nitrogen and oxygen atoms in total. The monoisotopic (exact) mass is 420 g/mol. The minimum absolute atomic E-state index is 0.00729. The molecule has 0 saturated carbocycles. The number of hydrogen-bond donors (Lipinski definition) is 1. The number of carbonyl (C=O) groups excluding carboxylic acids is 2. The normalized spacial score (nSPS) is 16.0. The summed E-state index contributed by atoms with van der Waals surface area (Å²) in [6.45, 7) is 0.225. The van der Waals surface area contributed by atoms with Crippen molar-refractivity contribution in [2.75, 3.05) is 11.4 Å². The molecule has 4 rings (SSSR count). The Bertz CT molecular complexity index is 1040. The SMILES string of the molecule is O=C(CN1C(=O)C[C@H](c2ccccc2)Sc2ccccc21)NCc1ccc(F)cc1. The highest BCUT2D eigenvalue weighted by Crippen LogP contribution is 2.45. The number of carbonyl (C=O) groups is 2. The molecule has 6 heteroatoms. The van der Waals surface area contributed by atoms with E-state index in [2.05, 4.69) is 5.32 Å². The van der Waals surface area contributed by atoms with Gasteiger partial charge < -0.3 is 10.2 Å². The van der Waals surface area contributed by atoms with Gasteiger partial charge in [-0.2, -0.15) is 0 Å². The summed E-state index contributed by atoms with van der Waals surface area (Å²) in [6.07, 6.45) is 0.314. The molecular formula is C24H21FN2O2S. The van der Waals surface area contributed by atoms with Gasteiger partial charge in [-0.1, -0.05) is 54.6 Å². The molecule has 30 heavy (non-hydrogen) atoms. The third-order valence-corrected chi connectivity index (χ3v) is 6.28. The van der Waals surface area contributed by atoms with Gasteiger partial charge in [0.25, 0.3) is 0 Å². The molecule has 0 radical (unpaired) electrons. The van der Waals surface area contributed by atoms with Crippen molar-refractivity contribution < 1.29 is 14.0 Å². The second-order valence-electron chi connectivity index (χ2n) is 7.07. The van der Waals surface area contributed by atoms with Gasteiger partial charge in [0.05, 0.1) is 5.69 Å². The van der Waals surface area contributed by atoms with Crippen LogP contribution in [0.15, 0.2) is 83.8 Å². The average molecular weight is 421 g/mol. The van der Waals surface area contributed by atoms with E-state index in [0.717, 1.165) is 21.7 Å². The van der Waals surface area contributed by atoms with Gasteiger partial charge in [0.2, 0.25) is 11.8 Å². The zero-order valence-corrected chi connectivity index (χ0v) is 17.1. The molecule has 1 aliphatic heterocycles. The number of rotatable bonds is 5. The topological polar surface area (TPSA) is 49.4 Å². The molecule has 1 heterocycles. The van der Waals surface area contributed by atoms with Crippen molar-refractivity contribution in [2.45, 2.75) is 23.1 Å². The Kier molecular flexibility index (Phi) is 6.14. The fourth-order valence-corrected chi connectivity index (χ4v) is 4.69. The van der Waals surface area contributed by atoms with Crippen LogP contribution in [0.2, 0.25) is 0 Å². The van der Waals surface area contributed by atoms with E-state index in [1.807, 2.05) is 54.6 Å². The largest absolute Gasteiger partial charge is 0.350 e. The highest BCUT2D eigenvalue weighted by atomic mass is 32.2. The quantitative estimate of drug-likeness (QED) is 0.650. The third kappa shape index (κ3) is 4.71. The Hall–Kier alpha value is -3.12. The minimum atomic E-state index is -0.317. The van der Waals surface area contributed by atoms with E-state index in [4.69, 9.17) is 0 Å². The number of fused-ring (bicyclic) bond motifs is 1. The molecule has 0 aromatic heterocycles. The fraction of sp³-hybridized carbons (Fsp3) is 0.167. The molecule has 0 unspecified atom stereocenters. The summed E-state index contributed by atoms with van der Waals surface area (Å²) in [6, 6.07) is 23.6. The summed E-state index contributed by atoms with van der Waals surface area (Å²) in [5.41, 5.74) is 2.64. The first-order chi connectivity index (χ1) is 14.6. The number of amides is 2. The lowest BCUT2D eigenvalue weighted by Gasteiger charge is -2.22. The van der Waals surface area contributed by atoms with E-state index in [-0.39, 0.29) is 36.0 Å². The molecule has 3 aromatic rings. The van der Waals surface area contributed by atoms with Crippen LogP contribution in [0, 0.1) is 5.82 Å². The predicted octanol–water partition coefficient (Wildman–Crippen LogP) is 4.71. The zero-order valence-electron chi connectivity index (χ0n) is 16.3. The maximum atomic E-state index is 13.1. The zero-order chi connectivity index (χ0) is 20.9. The van der Waals surface area contributed by atoms with Crippen molar-refractivity contribution in [1.29, 1.82) is 0 Å². The Morgan fingerprint density at radius 1 is 1.00 bits per heavy atom. The van der Waals surface area contributed by atoms with E-state index in [1.165, 1.54) is 12.1 Å². The Labute approximate surface area is 179 Å².